The van der Waals surface area contributed by atoms with Crippen molar-refractivity contribution in [3.63, 3.8) is 0 Å². The van der Waals surface area contributed by atoms with Crippen LogP contribution in [0.1, 0.15) is 6.42 Å². The normalized spacial score (nSPS) is 20.9. The highest BCUT2D eigenvalue weighted by Crippen LogP contribution is 2.44. The van der Waals surface area contributed by atoms with Crippen LogP contribution in [0.2, 0.25) is 0 Å². The summed E-state index contributed by atoms with van der Waals surface area (Å²) >= 11 is 1.73. The number of fused-ring (bicyclic) bond motifs is 1. The third kappa shape index (κ3) is 2.11. The molecule has 0 radical (unpaired) electrons. The lowest BCUT2D eigenvalue weighted by atomic mass is 10.1. The summed E-state index contributed by atoms with van der Waals surface area (Å²) < 4.78 is 5.76. The van der Waals surface area contributed by atoms with Gasteiger partial charge < -0.3 is 9.32 Å². The Hall–Kier alpha value is -2.21. The molecule has 2 amide bonds. The second-order valence-electron chi connectivity index (χ2n) is 5.32. The highest BCUT2D eigenvalue weighted by Gasteiger charge is 2.39. The minimum atomic E-state index is -0.457. The number of nitrogens with zero attached hydrogens (tertiary/aromatic N) is 1. The van der Waals surface area contributed by atoms with Crippen LogP contribution < -0.4 is 10.2 Å². The van der Waals surface area contributed by atoms with E-state index in [1.807, 2.05) is 35.2 Å². The lowest BCUT2D eigenvalue weighted by Gasteiger charge is -2.30. The van der Waals surface area contributed by atoms with Crippen molar-refractivity contribution in [2.45, 2.75) is 17.4 Å². The van der Waals surface area contributed by atoms with Crippen LogP contribution in [0.5, 0.6) is 0 Å². The number of nitrogens with one attached hydrogen (secondary N) is 1. The smallest absolute Gasteiger partial charge is 0.249 e. The van der Waals surface area contributed by atoms with Crippen LogP contribution >= 0.6 is 11.8 Å². The van der Waals surface area contributed by atoms with Crippen molar-refractivity contribution in [2.75, 3.05) is 17.2 Å². The highest BCUT2D eigenvalue weighted by molar-refractivity contribution is 7.99. The van der Waals surface area contributed by atoms with E-state index in [4.69, 9.17) is 4.42 Å². The monoisotopic (exact) mass is 314 g/mol. The van der Waals surface area contributed by atoms with Crippen molar-refractivity contribution in [3.8, 4) is 11.1 Å². The Balaban J connectivity index is 1.73. The fourth-order valence-electron chi connectivity index (χ4n) is 2.93. The predicted molar refractivity (Wildman–Crippen MR) is 83.8 cm³/mol. The number of benzene rings is 1. The van der Waals surface area contributed by atoms with E-state index >= 15 is 0 Å². The molecule has 0 bridgehead atoms. The fraction of sp³-hybridized carbons (Fsp3) is 0.250. The van der Waals surface area contributed by atoms with Gasteiger partial charge in [0.2, 0.25) is 17.7 Å². The van der Waals surface area contributed by atoms with Gasteiger partial charge in [-0.2, -0.15) is 0 Å². The summed E-state index contributed by atoms with van der Waals surface area (Å²) in [7, 11) is 0. The molecule has 0 aliphatic carbocycles. The van der Waals surface area contributed by atoms with Gasteiger partial charge in [0.05, 0.1) is 11.3 Å². The zero-order valence-corrected chi connectivity index (χ0v) is 12.6. The maximum absolute atomic E-state index is 11.9. The van der Waals surface area contributed by atoms with Crippen molar-refractivity contribution < 1.29 is 14.0 Å². The molecule has 4 rings (SSSR count). The minimum absolute atomic E-state index is 0.199. The van der Waals surface area contributed by atoms with Crippen LogP contribution in [0.4, 0.5) is 5.88 Å². The van der Waals surface area contributed by atoms with Gasteiger partial charge in [-0.15, -0.1) is 11.8 Å². The molecular formula is C16H14N2O3S. The van der Waals surface area contributed by atoms with Crippen molar-refractivity contribution in [3.05, 3.63) is 36.6 Å². The standard InChI is InChI=1S/C16H14N2O3S/c19-13-8-12(15(20)17-13)18-6-7-22-14-11(9-21-16(14)18)10-4-2-1-3-5-10/h1-5,9,12H,6-8H2,(H,17,19,20). The second kappa shape index (κ2) is 5.21. The molecule has 2 aromatic rings. The van der Waals surface area contributed by atoms with Crippen LogP contribution in [-0.2, 0) is 9.59 Å². The molecule has 6 heteroatoms. The SMILES string of the molecule is O=C1CC(N2CCSc3c(-c4ccccc4)coc32)C(=O)N1. The quantitative estimate of drug-likeness (QED) is 0.862. The third-order valence-electron chi connectivity index (χ3n) is 3.97. The van der Waals surface area contributed by atoms with E-state index in [0.29, 0.717) is 12.4 Å². The maximum atomic E-state index is 11.9. The molecule has 2 aliphatic heterocycles. The molecule has 0 saturated carbocycles. The first-order chi connectivity index (χ1) is 10.7. The van der Waals surface area contributed by atoms with Gasteiger partial charge in [0.15, 0.2) is 0 Å². The van der Waals surface area contributed by atoms with Gasteiger partial charge >= 0.3 is 0 Å². The van der Waals surface area contributed by atoms with Crippen LogP contribution in [-0.4, -0.2) is 30.2 Å². The Bertz CT molecular complexity index is 741. The minimum Gasteiger partial charge on any atom is -0.447 e. The third-order valence-corrected chi connectivity index (χ3v) is 5.04. The molecule has 1 unspecified atom stereocenters. The molecule has 1 aromatic carbocycles. The lowest BCUT2D eigenvalue weighted by molar-refractivity contribution is -0.125. The largest absolute Gasteiger partial charge is 0.447 e. The molecule has 5 nitrogen and oxygen atoms in total. The van der Waals surface area contributed by atoms with E-state index in [1.54, 1.807) is 18.0 Å². The number of hydrogen-bond acceptors (Lipinski definition) is 5. The van der Waals surface area contributed by atoms with Gasteiger partial charge in [0.1, 0.15) is 12.3 Å². The fourth-order valence-corrected chi connectivity index (χ4v) is 4.03. The summed E-state index contributed by atoms with van der Waals surface area (Å²) in [4.78, 5) is 26.4. The van der Waals surface area contributed by atoms with Gasteiger partial charge in [-0.05, 0) is 5.56 Å². The Morgan fingerprint density at radius 2 is 2.05 bits per heavy atom. The van der Waals surface area contributed by atoms with Crippen LogP contribution in [0.25, 0.3) is 11.1 Å². The van der Waals surface area contributed by atoms with Gasteiger partial charge in [-0.1, -0.05) is 30.3 Å². The summed E-state index contributed by atoms with van der Waals surface area (Å²) in [5.41, 5.74) is 2.13. The van der Waals surface area contributed by atoms with Crippen molar-refractivity contribution in [1.82, 2.24) is 5.32 Å². The summed E-state index contributed by atoms with van der Waals surface area (Å²) in [6.45, 7) is 0.699. The van der Waals surface area contributed by atoms with Gasteiger partial charge in [-0.25, -0.2) is 0 Å². The Labute approximate surface area is 131 Å². The molecular weight excluding hydrogens is 300 g/mol. The molecule has 3 heterocycles. The average Bonchev–Trinajstić information content (AvgIpc) is 3.11. The van der Waals surface area contributed by atoms with E-state index in [-0.39, 0.29) is 18.2 Å². The predicted octanol–water partition coefficient (Wildman–Crippen LogP) is 2.27. The number of thioether (sulfide) groups is 1. The summed E-state index contributed by atoms with van der Waals surface area (Å²) in [6, 6.07) is 9.57. The molecule has 112 valence electrons. The summed E-state index contributed by atoms with van der Waals surface area (Å²) in [5, 5.41) is 2.37. The topological polar surface area (TPSA) is 62.6 Å². The van der Waals surface area contributed by atoms with E-state index in [1.165, 1.54) is 0 Å². The Kier molecular flexibility index (Phi) is 3.18. The molecule has 1 N–H and O–H groups in total. The number of imide groups is 1. The van der Waals surface area contributed by atoms with Crippen LogP contribution in [0.3, 0.4) is 0 Å². The van der Waals surface area contributed by atoms with Crippen molar-refractivity contribution >= 4 is 29.5 Å². The summed E-state index contributed by atoms with van der Waals surface area (Å²) in [6.07, 6.45) is 1.93. The second-order valence-corrected chi connectivity index (χ2v) is 6.43. The number of hydrogen-bond donors (Lipinski definition) is 1. The van der Waals surface area contributed by atoms with Crippen LogP contribution in [0.15, 0.2) is 45.9 Å². The van der Waals surface area contributed by atoms with Gasteiger partial charge in [0, 0.05) is 17.9 Å². The Morgan fingerprint density at radius 1 is 1.23 bits per heavy atom. The average molecular weight is 314 g/mol. The highest BCUT2D eigenvalue weighted by atomic mass is 32.2. The number of rotatable bonds is 2. The lowest BCUT2D eigenvalue weighted by Crippen LogP contribution is -2.43. The number of carbonyl (C=O) groups excluding carboxylic acids is 2. The number of furan rings is 1. The molecule has 1 saturated heterocycles. The molecule has 22 heavy (non-hydrogen) atoms. The van der Waals surface area contributed by atoms with Gasteiger partial charge in [0.25, 0.3) is 0 Å². The summed E-state index contributed by atoms with van der Waals surface area (Å²) in [5.74, 6) is 1.11. The number of amides is 2. The first-order valence-electron chi connectivity index (χ1n) is 7.14. The first kappa shape index (κ1) is 13.5. The first-order valence-corrected chi connectivity index (χ1v) is 8.12. The van der Waals surface area contributed by atoms with E-state index < -0.39 is 6.04 Å². The van der Waals surface area contributed by atoms with E-state index in [0.717, 1.165) is 21.8 Å². The van der Waals surface area contributed by atoms with Crippen molar-refractivity contribution in [1.29, 1.82) is 0 Å². The Morgan fingerprint density at radius 3 is 2.77 bits per heavy atom. The molecule has 2 aliphatic rings. The van der Waals surface area contributed by atoms with Gasteiger partial charge in [-0.3, -0.25) is 14.9 Å². The van der Waals surface area contributed by atoms with Crippen molar-refractivity contribution in [2.24, 2.45) is 0 Å². The molecule has 0 spiro atoms. The molecule has 1 atom stereocenters. The molecule has 1 aromatic heterocycles. The van der Waals surface area contributed by atoms with E-state index in [2.05, 4.69) is 5.32 Å². The van der Waals surface area contributed by atoms with E-state index in [9.17, 15) is 9.59 Å². The maximum Gasteiger partial charge on any atom is 0.249 e. The zero-order valence-electron chi connectivity index (χ0n) is 11.7. The van der Waals surface area contributed by atoms with Crippen LogP contribution in [0, 0.1) is 0 Å². The molecule has 1 fully saturated rings. The zero-order chi connectivity index (χ0) is 15.1. The number of carbonyl (C=O) groups is 2. The number of anilines is 1.